The van der Waals surface area contributed by atoms with Gasteiger partial charge in [-0.05, 0) is 49.4 Å². The van der Waals surface area contributed by atoms with Crippen LogP contribution < -0.4 is 0 Å². The summed E-state index contributed by atoms with van der Waals surface area (Å²) in [5, 5.41) is 8.68. The van der Waals surface area contributed by atoms with Crippen LogP contribution in [0.4, 0.5) is 13.2 Å². The van der Waals surface area contributed by atoms with Crippen LogP contribution in [0.1, 0.15) is 37.1 Å². The van der Waals surface area contributed by atoms with Crippen molar-refractivity contribution in [3.05, 3.63) is 41.1 Å². The number of hydrogen-bond donors (Lipinski definition) is 0. The maximum atomic E-state index is 13.9. The van der Waals surface area contributed by atoms with Crippen LogP contribution in [0.2, 0.25) is 5.15 Å². The molecule has 0 unspecified atom stereocenters. The summed E-state index contributed by atoms with van der Waals surface area (Å²) in [5.41, 5.74) is 1.78. The van der Waals surface area contributed by atoms with Crippen molar-refractivity contribution in [1.82, 2.24) is 24.3 Å². The lowest BCUT2D eigenvalue weighted by atomic mass is 9.67. The van der Waals surface area contributed by atoms with E-state index < -0.39 is 11.6 Å². The average Bonchev–Trinajstić information content (AvgIpc) is 3.16. The Kier molecular flexibility index (Phi) is 4.07. The lowest BCUT2D eigenvalue weighted by Crippen LogP contribution is -2.49. The summed E-state index contributed by atoms with van der Waals surface area (Å²) in [6.07, 6.45) is 0.823. The van der Waals surface area contributed by atoms with Gasteiger partial charge in [-0.2, -0.15) is 13.2 Å². The third-order valence-electron chi connectivity index (χ3n) is 6.22. The molecule has 0 amide bonds. The summed E-state index contributed by atoms with van der Waals surface area (Å²) in [7, 11) is 0. The van der Waals surface area contributed by atoms with E-state index in [9.17, 15) is 13.2 Å². The van der Waals surface area contributed by atoms with Gasteiger partial charge in [0.15, 0.2) is 5.82 Å². The Bertz CT molecular complexity index is 1090. The highest BCUT2D eigenvalue weighted by Crippen LogP contribution is 2.54. The number of aryl methyl sites for hydroxylation is 2. The van der Waals surface area contributed by atoms with Crippen LogP contribution >= 0.6 is 11.6 Å². The molecule has 0 saturated heterocycles. The van der Waals surface area contributed by atoms with E-state index in [1.54, 1.807) is 16.8 Å². The highest BCUT2D eigenvalue weighted by Gasteiger charge is 2.62. The highest BCUT2D eigenvalue weighted by molar-refractivity contribution is 6.29. The zero-order chi connectivity index (χ0) is 20.4. The molecule has 1 saturated carbocycles. The number of alkyl halides is 3. The van der Waals surface area contributed by atoms with Gasteiger partial charge in [-0.25, -0.2) is 4.98 Å². The molecule has 0 radical (unpaired) electrons. The first-order chi connectivity index (χ1) is 13.8. The standard InChI is InChI=1S/C20H19ClF3N5/c1-12-10-25-16(21)9-14(12)13-8-15-17-26-27-18(19(4-2-5-19)20(22,23)24)29(17)7-3-6-28(15)11-13/h8-11H,2-7H2,1H3. The monoisotopic (exact) mass is 421 g/mol. The molecule has 0 bridgehead atoms. The van der Waals surface area contributed by atoms with E-state index in [4.69, 9.17) is 11.6 Å². The molecule has 29 heavy (non-hydrogen) atoms. The van der Waals surface area contributed by atoms with Crippen LogP contribution in [0.25, 0.3) is 22.6 Å². The molecule has 4 heterocycles. The Hall–Kier alpha value is -2.35. The topological polar surface area (TPSA) is 48.5 Å². The van der Waals surface area contributed by atoms with Crippen molar-refractivity contribution < 1.29 is 13.2 Å². The van der Waals surface area contributed by atoms with Crippen molar-refractivity contribution in [2.24, 2.45) is 0 Å². The second-order valence-electron chi connectivity index (χ2n) is 7.92. The smallest absolute Gasteiger partial charge is 0.344 e. The molecule has 0 N–H and O–H groups in total. The van der Waals surface area contributed by atoms with E-state index in [0.29, 0.717) is 36.9 Å². The van der Waals surface area contributed by atoms with Gasteiger partial charge < -0.3 is 9.13 Å². The second-order valence-corrected chi connectivity index (χ2v) is 8.30. The largest absolute Gasteiger partial charge is 0.401 e. The Balaban J connectivity index is 1.64. The lowest BCUT2D eigenvalue weighted by molar-refractivity contribution is -0.216. The lowest BCUT2D eigenvalue weighted by Gasteiger charge is -2.42. The number of halogens is 4. The summed E-state index contributed by atoms with van der Waals surface area (Å²) in [5.74, 6) is 0.558. The van der Waals surface area contributed by atoms with Crippen molar-refractivity contribution in [1.29, 1.82) is 0 Å². The minimum absolute atomic E-state index is 0.0607. The maximum absolute atomic E-state index is 13.9. The quantitative estimate of drug-likeness (QED) is 0.537. The van der Waals surface area contributed by atoms with Crippen molar-refractivity contribution in [2.75, 3.05) is 0 Å². The zero-order valence-corrected chi connectivity index (χ0v) is 16.6. The Morgan fingerprint density at radius 1 is 1.10 bits per heavy atom. The van der Waals surface area contributed by atoms with Crippen LogP contribution in [-0.4, -0.2) is 30.5 Å². The number of rotatable bonds is 2. The van der Waals surface area contributed by atoms with Gasteiger partial charge >= 0.3 is 6.18 Å². The fourth-order valence-corrected chi connectivity index (χ4v) is 4.62. The molecule has 5 nitrogen and oxygen atoms in total. The molecule has 1 aliphatic carbocycles. The number of aromatic nitrogens is 5. The summed E-state index contributed by atoms with van der Waals surface area (Å²) in [6.45, 7) is 3.13. The van der Waals surface area contributed by atoms with E-state index in [-0.39, 0.29) is 18.7 Å². The molecule has 2 aliphatic rings. The van der Waals surface area contributed by atoms with Gasteiger partial charge in [0.2, 0.25) is 0 Å². The average molecular weight is 422 g/mol. The third kappa shape index (κ3) is 2.72. The van der Waals surface area contributed by atoms with Crippen molar-refractivity contribution in [3.8, 4) is 22.6 Å². The maximum Gasteiger partial charge on any atom is 0.401 e. The fraction of sp³-hybridized carbons (Fsp3) is 0.450. The van der Waals surface area contributed by atoms with Gasteiger partial charge in [-0.1, -0.05) is 18.0 Å². The summed E-state index contributed by atoms with van der Waals surface area (Å²) >= 11 is 6.07. The second kappa shape index (κ2) is 6.32. The molecule has 3 aromatic heterocycles. The number of hydrogen-bond acceptors (Lipinski definition) is 3. The predicted molar refractivity (Wildman–Crippen MR) is 103 cm³/mol. The first-order valence-electron chi connectivity index (χ1n) is 9.64. The molecular weight excluding hydrogens is 403 g/mol. The van der Waals surface area contributed by atoms with Gasteiger partial charge in [0.25, 0.3) is 0 Å². The van der Waals surface area contributed by atoms with Gasteiger partial charge in [0.05, 0.1) is 5.69 Å². The number of pyridine rings is 1. The predicted octanol–water partition coefficient (Wildman–Crippen LogP) is 5.16. The number of fused-ring (bicyclic) bond motifs is 3. The zero-order valence-electron chi connectivity index (χ0n) is 15.8. The van der Waals surface area contributed by atoms with Gasteiger partial charge in [0, 0.05) is 31.0 Å². The van der Waals surface area contributed by atoms with E-state index in [2.05, 4.69) is 15.2 Å². The molecule has 9 heteroatoms. The van der Waals surface area contributed by atoms with Crippen LogP contribution in [0.3, 0.4) is 0 Å². The third-order valence-corrected chi connectivity index (χ3v) is 6.42. The van der Waals surface area contributed by atoms with Crippen LogP contribution in [0.15, 0.2) is 24.5 Å². The summed E-state index contributed by atoms with van der Waals surface area (Å²) in [6, 6.07) is 3.75. The molecule has 0 spiro atoms. The minimum Gasteiger partial charge on any atom is -0.344 e. The van der Waals surface area contributed by atoms with Crippen molar-refractivity contribution >= 4 is 11.6 Å². The SMILES string of the molecule is Cc1cnc(Cl)cc1-c1cc2n(c1)CCCn1c-2nnc1C1(C(F)(F)F)CCC1. The number of nitrogens with zero attached hydrogens (tertiary/aromatic N) is 5. The Morgan fingerprint density at radius 2 is 1.90 bits per heavy atom. The molecule has 152 valence electrons. The molecule has 3 aromatic rings. The Morgan fingerprint density at radius 3 is 2.59 bits per heavy atom. The molecule has 0 atom stereocenters. The molecular formula is C20H19ClF3N5. The minimum atomic E-state index is -4.32. The van der Waals surface area contributed by atoms with Crippen molar-refractivity contribution in [3.63, 3.8) is 0 Å². The molecule has 0 aromatic carbocycles. The van der Waals surface area contributed by atoms with E-state index >= 15 is 0 Å². The van der Waals surface area contributed by atoms with Gasteiger partial charge in [-0.15, -0.1) is 10.2 Å². The fourth-order valence-electron chi connectivity index (χ4n) is 4.46. The normalized spacial score (nSPS) is 18.0. The van der Waals surface area contributed by atoms with E-state index in [1.165, 1.54) is 0 Å². The first kappa shape index (κ1) is 18.7. The first-order valence-corrected chi connectivity index (χ1v) is 10.0. The highest BCUT2D eigenvalue weighted by atomic mass is 35.5. The van der Waals surface area contributed by atoms with Crippen LogP contribution in [0.5, 0.6) is 0 Å². The van der Waals surface area contributed by atoms with Gasteiger partial charge in [-0.3, -0.25) is 0 Å². The van der Waals surface area contributed by atoms with Crippen LogP contribution in [-0.2, 0) is 18.5 Å². The summed E-state index contributed by atoms with van der Waals surface area (Å²) < 4.78 is 45.4. The van der Waals surface area contributed by atoms with E-state index in [0.717, 1.165) is 22.4 Å². The Labute approximate surface area is 170 Å². The van der Waals surface area contributed by atoms with E-state index in [1.807, 2.05) is 23.8 Å². The van der Waals surface area contributed by atoms with Crippen LogP contribution in [0, 0.1) is 6.92 Å². The molecule has 1 aliphatic heterocycles. The summed E-state index contributed by atoms with van der Waals surface area (Å²) in [4.78, 5) is 4.09. The molecule has 1 fully saturated rings. The van der Waals surface area contributed by atoms with Gasteiger partial charge in [0.1, 0.15) is 16.4 Å². The molecule has 5 rings (SSSR count). The van der Waals surface area contributed by atoms with Crippen molar-refractivity contribution in [2.45, 2.75) is 57.3 Å².